The lowest BCUT2D eigenvalue weighted by Crippen LogP contribution is -2.10. The van der Waals surface area contributed by atoms with Gasteiger partial charge in [-0.1, -0.05) is 0 Å². The van der Waals surface area contributed by atoms with Gasteiger partial charge in [-0.15, -0.1) is 0 Å². The molecule has 1 rings (SSSR count). The monoisotopic (exact) mass is 146 g/mol. The van der Waals surface area contributed by atoms with Gasteiger partial charge < -0.3 is 15.7 Å². The third-order valence-electron chi connectivity index (χ3n) is 1.46. The summed E-state index contributed by atoms with van der Waals surface area (Å²) in [5.41, 5.74) is 4.78. The highest BCUT2D eigenvalue weighted by Gasteiger charge is 2.03. The van der Waals surface area contributed by atoms with E-state index in [9.17, 15) is 0 Å². The maximum Gasteiger partial charge on any atom is 0.0553 e. The van der Waals surface area contributed by atoms with Crippen molar-refractivity contribution in [1.82, 2.24) is 4.90 Å². The largest absolute Gasteiger partial charge is 0.395 e. The fourth-order valence-electron chi connectivity index (χ4n) is 0.875. The van der Waals surface area contributed by atoms with Crippen LogP contribution in [-0.4, -0.2) is 43.3 Å². The van der Waals surface area contributed by atoms with Crippen LogP contribution in [-0.2, 0) is 0 Å². The van der Waals surface area contributed by atoms with Crippen LogP contribution in [0.3, 0.4) is 0 Å². The van der Waals surface area contributed by atoms with Gasteiger partial charge in [0.15, 0.2) is 0 Å². The minimum absolute atomic E-state index is 0.0972. The van der Waals surface area contributed by atoms with Crippen molar-refractivity contribution in [3.05, 3.63) is 0 Å². The van der Waals surface area contributed by atoms with E-state index in [0.29, 0.717) is 6.54 Å². The van der Waals surface area contributed by atoms with Gasteiger partial charge in [-0.25, -0.2) is 0 Å². The highest BCUT2D eigenvalue weighted by atomic mass is 16.3. The number of rotatable bonds is 1. The van der Waals surface area contributed by atoms with Crippen LogP contribution in [0, 0.1) is 0 Å². The standard InChI is InChI=1S/C5H11N.C2H7NO/c1-6-4-2-3-5-6;3-1-2-4/h2-5H2,1H3;4H,1-3H2. The van der Waals surface area contributed by atoms with Crippen molar-refractivity contribution in [2.45, 2.75) is 12.8 Å². The molecule has 0 spiro atoms. The van der Waals surface area contributed by atoms with Crippen molar-refractivity contribution < 1.29 is 5.11 Å². The first-order chi connectivity index (χ1) is 4.81. The van der Waals surface area contributed by atoms with E-state index in [0.717, 1.165) is 0 Å². The molecule has 1 aliphatic rings. The third-order valence-corrected chi connectivity index (χ3v) is 1.46. The summed E-state index contributed by atoms with van der Waals surface area (Å²) >= 11 is 0. The molecule has 1 saturated heterocycles. The molecular formula is C7H18N2O. The van der Waals surface area contributed by atoms with Gasteiger partial charge in [-0.2, -0.15) is 0 Å². The molecule has 0 aromatic heterocycles. The first kappa shape index (κ1) is 9.88. The predicted molar refractivity (Wildman–Crippen MR) is 42.9 cm³/mol. The molecule has 3 nitrogen and oxygen atoms in total. The summed E-state index contributed by atoms with van der Waals surface area (Å²) in [6.07, 6.45) is 2.83. The van der Waals surface area contributed by atoms with Crippen molar-refractivity contribution in [3.63, 3.8) is 0 Å². The smallest absolute Gasteiger partial charge is 0.0553 e. The van der Waals surface area contributed by atoms with E-state index in [-0.39, 0.29) is 6.61 Å². The first-order valence-corrected chi connectivity index (χ1v) is 3.80. The Bertz CT molecular complexity index is 60.6. The van der Waals surface area contributed by atoms with Crippen LogP contribution in [0.2, 0.25) is 0 Å². The highest BCUT2D eigenvalue weighted by Crippen LogP contribution is 2.01. The summed E-state index contributed by atoms with van der Waals surface area (Å²) < 4.78 is 0. The number of hydrogen-bond acceptors (Lipinski definition) is 3. The van der Waals surface area contributed by atoms with Gasteiger partial charge in [-0.3, -0.25) is 0 Å². The summed E-state index contributed by atoms with van der Waals surface area (Å²) in [4.78, 5) is 2.36. The van der Waals surface area contributed by atoms with Gasteiger partial charge in [-0.05, 0) is 33.0 Å². The zero-order chi connectivity index (χ0) is 7.82. The van der Waals surface area contributed by atoms with Gasteiger partial charge >= 0.3 is 0 Å². The van der Waals surface area contributed by atoms with Crippen molar-refractivity contribution in [1.29, 1.82) is 0 Å². The lowest BCUT2D eigenvalue weighted by Gasteiger charge is -2.01. The fraction of sp³-hybridized carbons (Fsp3) is 1.00. The molecule has 3 heteroatoms. The van der Waals surface area contributed by atoms with Crippen LogP contribution in [0.1, 0.15) is 12.8 Å². The van der Waals surface area contributed by atoms with Crippen LogP contribution in [0.25, 0.3) is 0 Å². The zero-order valence-corrected chi connectivity index (χ0v) is 6.71. The molecular weight excluding hydrogens is 128 g/mol. The average molecular weight is 146 g/mol. The molecule has 1 aliphatic heterocycles. The average Bonchev–Trinajstić information content (AvgIpc) is 2.40. The first-order valence-electron chi connectivity index (χ1n) is 3.80. The van der Waals surface area contributed by atoms with Gasteiger partial charge in [0.05, 0.1) is 6.61 Å². The molecule has 1 heterocycles. The van der Waals surface area contributed by atoms with E-state index in [2.05, 4.69) is 11.9 Å². The van der Waals surface area contributed by atoms with Gasteiger partial charge in [0.2, 0.25) is 0 Å². The second-order valence-electron chi connectivity index (χ2n) is 2.52. The minimum atomic E-state index is 0.0972. The molecule has 0 radical (unpaired) electrons. The number of likely N-dealkylation sites (tertiary alicyclic amines) is 1. The number of aliphatic hydroxyl groups is 1. The molecule has 62 valence electrons. The van der Waals surface area contributed by atoms with Crippen molar-refractivity contribution in [2.75, 3.05) is 33.3 Å². The highest BCUT2D eigenvalue weighted by molar-refractivity contribution is 4.59. The molecule has 0 aromatic rings. The Labute approximate surface area is 62.8 Å². The molecule has 0 saturated carbocycles. The summed E-state index contributed by atoms with van der Waals surface area (Å²) in [7, 11) is 2.17. The number of nitrogens with two attached hydrogens (primary N) is 1. The Morgan fingerprint density at radius 3 is 1.90 bits per heavy atom. The van der Waals surface area contributed by atoms with Crippen LogP contribution in [0.5, 0.6) is 0 Å². The lowest BCUT2D eigenvalue weighted by molar-refractivity contribution is 0.306. The Morgan fingerprint density at radius 2 is 1.80 bits per heavy atom. The Hall–Kier alpha value is -0.120. The lowest BCUT2D eigenvalue weighted by atomic mass is 10.4. The zero-order valence-electron chi connectivity index (χ0n) is 6.71. The summed E-state index contributed by atoms with van der Waals surface area (Å²) in [5.74, 6) is 0. The van der Waals surface area contributed by atoms with E-state index >= 15 is 0 Å². The summed E-state index contributed by atoms with van der Waals surface area (Å²) in [6, 6.07) is 0. The molecule has 10 heavy (non-hydrogen) atoms. The molecule has 1 fully saturated rings. The van der Waals surface area contributed by atoms with Crippen molar-refractivity contribution in [2.24, 2.45) is 5.73 Å². The van der Waals surface area contributed by atoms with Crippen LogP contribution < -0.4 is 5.73 Å². The summed E-state index contributed by atoms with van der Waals surface area (Å²) in [6.45, 7) is 3.11. The Kier molecular flexibility index (Phi) is 6.91. The topological polar surface area (TPSA) is 49.5 Å². The molecule has 0 aromatic carbocycles. The van der Waals surface area contributed by atoms with Crippen molar-refractivity contribution in [3.8, 4) is 0 Å². The van der Waals surface area contributed by atoms with E-state index < -0.39 is 0 Å². The van der Waals surface area contributed by atoms with Crippen LogP contribution in [0.15, 0.2) is 0 Å². The molecule has 0 amide bonds. The number of nitrogens with zero attached hydrogens (tertiary/aromatic N) is 1. The van der Waals surface area contributed by atoms with Crippen LogP contribution in [0.4, 0.5) is 0 Å². The quantitative estimate of drug-likeness (QED) is 0.531. The molecule has 0 unspecified atom stereocenters. The second kappa shape index (κ2) is 6.99. The summed E-state index contributed by atoms with van der Waals surface area (Å²) in [5, 5.41) is 7.75. The maximum atomic E-state index is 7.75. The fourth-order valence-corrected chi connectivity index (χ4v) is 0.875. The van der Waals surface area contributed by atoms with E-state index in [1.165, 1.54) is 25.9 Å². The number of hydrogen-bond donors (Lipinski definition) is 2. The van der Waals surface area contributed by atoms with Gasteiger partial charge in [0, 0.05) is 6.54 Å². The second-order valence-corrected chi connectivity index (χ2v) is 2.52. The SMILES string of the molecule is CN1CCCC1.NCCO. The van der Waals surface area contributed by atoms with E-state index in [1.807, 2.05) is 0 Å². The number of aliphatic hydroxyl groups excluding tert-OH is 1. The predicted octanol–water partition coefficient (Wildman–Crippen LogP) is -0.351. The Balaban J connectivity index is 0.000000180. The third kappa shape index (κ3) is 6.01. The normalized spacial score (nSPS) is 18.3. The van der Waals surface area contributed by atoms with Crippen LogP contribution >= 0.6 is 0 Å². The maximum absolute atomic E-state index is 7.75. The minimum Gasteiger partial charge on any atom is -0.395 e. The molecule has 0 aliphatic carbocycles. The Morgan fingerprint density at radius 1 is 1.40 bits per heavy atom. The van der Waals surface area contributed by atoms with Gasteiger partial charge in [0.25, 0.3) is 0 Å². The van der Waals surface area contributed by atoms with E-state index in [4.69, 9.17) is 10.8 Å². The molecule has 3 N–H and O–H groups in total. The molecule has 0 bridgehead atoms. The molecule has 0 atom stereocenters. The van der Waals surface area contributed by atoms with E-state index in [1.54, 1.807) is 0 Å². The van der Waals surface area contributed by atoms with Gasteiger partial charge in [0.1, 0.15) is 0 Å². The van der Waals surface area contributed by atoms with Crippen molar-refractivity contribution >= 4 is 0 Å².